The summed E-state index contributed by atoms with van der Waals surface area (Å²) in [5.74, 6) is 0.602. The largest absolute Gasteiger partial charge is 0.376 e. The number of nitrogens with zero attached hydrogens (tertiary/aromatic N) is 1. The fourth-order valence-electron chi connectivity index (χ4n) is 3.08. The van der Waals surface area contributed by atoms with Gasteiger partial charge in [0.15, 0.2) is 0 Å². The number of piperidine rings is 1. The minimum Gasteiger partial charge on any atom is -0.376 e. The van der Waals surface area contributed by atoms with Crippen LogP contribution in [-0.2, 0) is 4.79 Å². The molecule has 0 spiro atoms. The summed E-state index contributed by atoms with van der Waals surface area (Å²) in [4.78, 5) is 26.5. The number of hydrogen-bond donors (Lipinski definition) is 2. The van der Waals surface area contributed by atoms with E-state index in [1.165, 1.54) is 0 Å². The van der Waals surface area contributed by atoms with Gasteiger partial charge in [-0.15, -0.1) is 0 Å². The van der Waals surface area contributed by atoms with Gasteiger partial charge >= 0.3 is 0 Å². The van der Waals surface area contributed by atoms with Gasteiger partial charge in [0.2, 0.25) is 5.91 Å². The second-order valence-corrected chi connectivity index (χ2v) is 7.40. The van der Waals surface area contributed by atoms with E-state index >= 15 is 0 Å². The first-order chi connectivity index (χ1) is 13.0. The van der Waals surface area contributed by atoms with E-state index in [2.05, 4.69) is 17.6 Å². The first-order valence-corrected chi connectivity index (χ1v) is 9.57. The molecule has 6 heteroatoms. The highest BCUT2D eigenvalue weighted by molar-refractivity contribution is 6.30. The third kappa shape index (κ3) is 5.47. The van der Waals surface area contributed by atoms with Crippen LogP contribution < -0.4 is 10.6 Å². The van der Waals surface area contributed by atoms with Crippen LogP contribution in [0.1, 0.15) is 30.1 Å². The van der Waals surface area contributed by atoms with Gasteiger partial charge in [0.25, 0.3) is 5.91 Å². The van der Waals surface area contributed by atoms with Gasteiger partial charge in [-0.25, -0.2) is 0 Å². The zero-order chi connectivity index (χ0) is 19.2. The zero-order valence-electron chi connectivity index (χ0n) is 15.4. The predicted molar refractivity (Wildman–Crippen MR) is 109 cm³/mol. The third-order valence-electron chi connectivity index (χ3n) is 4.76. The van der Waals surface area contributed by atoms with Gasteiger partial charge in [0.1, 0.15) is 0 Å². The van der Waals surface area contributed by atoms with Crippen LogP contribution in [0.4, 0.5) is 11.4 Å². The van der Waals surface area contributed by atoms with Gasteiger partial charge < -0.3 is 15.5 Å². The van der Waals surface area contributed by atoms with E-state index in [4.69, 9.17) is 11.6 Å². The Bertz CT molecular complexity index is 799. The highest BCUT2D eigenvalue weighted by atomic mass is 35.5. The van der Waals surface area contributed by atoms with Crippen molar-refractivity contribution in [3.05, 3.63) is 59.1 Å². The number of hydrogen-bond acceptors (Lipinski definition) is 3. The molecule has 1 fully saturated rings. The van der Waals surface area contributed by atoms with Crippen LogP contribution in [-0.4, -0.2) is 36.3 Å². The Morgan fingerprint density at radius 1 is 1.07 bits per heavy atom. The number of halogens is 1. The maximum Gasteiger partial charge on any atom is 0.253 e. The topological polar surface area (TPSA) is 61.4 Å². The quantitative estimate of drug-likeness (QED) is 0.808. The van der Waals surface area contributed by atoms with Crippen molar-refractivity contribution < 1.29 is 9.59 Å². The summed E-state index contributed by atoms with van der Waals surface area (Å²) >= 11 is 5.91. The Kier molecular flexibility index (Phi) is 6.35. The van der Waals surface area contributed by atoms with E-state index in [0.717, 1.165) is 31.6 Å². The lowest BCUT2D eigenvalue weighted by atomic mass is 9.98. The molecule has 3 rings (SSSR count). The van der Waals surface area contributed by atoms with Crippen molar-refractivity contribution in [2.45, 2.75) is 19.8 Å². The molecule has 0 unspecified atom stereocenters. The minimum absolute atomic E-state index is 0.0761. The third-order valence-corrected chi connectivity index (χ3v) is 5.00. The number of anilines is 2. The molecule has 2 aromatic rings. The lowest BCUT2D eigenvalue weighted by Gasteiger charge is -2.30. The summed E-state index contributed by atoms with van der Waals surface area (Å²) in [5.41, 5.74) is 2.13. The average Bonchev–Trinajstić information content (AvgIpc) is 2.67. The van der Waals surface area contributed by atoms with Gasteiger partial charge in [-0.3, -0.25) is 9.59 Å². The molecule has 0 bridgehead atoms. The SMILES string of the molecule is CC1CCN(C(=O)c2ccc(NCC(=O)Nc3cccc(Cl)c3)cc2)CC1. The van der Waals surface area contributed by atoms with Crippen LogP contribution in [0.25, 0.3) is 0 Å². The molecule has 1 heterocycles. The lowest BCUT2D eigenvalue weighted by molar-refractivity contribution is -0.114. The molecule has 1 aliphatic rings. The minimum atomic E-state index is -0.167. The Balaban J connectivity index is 1.50. The highest BCUT2D eigenvalue weighted by Crippen LogP contribution is 2.19. The first-order valence-electron chi connectivity index (χ1n) is 9.20. The van der Waals surface area contributed by atoms with E-state index in [1.807, 2.05) is 17.0 Å². The van der Waals surface area contributed by atoms with E-state index < -0.39 is 0 Å². The van der Waals surface area contributed by atoms with Gasteiger partial charge in [-0.2, -0.15) is 0 Å². The van der Waals surface area contributed by atoms with Gasteiger partial charge in [0.05, 0.1) is 6.54 Å². The van der Waals surface area contributed by atoms with Crippen LogP contribution in [0.2, 0.25) is 5.02 Å². The van der Waals surface area contributed by atoms with Gasteiger partial charge in [-0.1, -0.05) is 24.6 Å². The number of amides is 2. The van der Waals surface area contributed by atoms with Crippen molar-refractivity contribution in [1.29, 1.82) is 0 Å². The van der Waals surface area contributed by atoms with Crippen molar-refractivity contribution >= 4 is 34.8 Å². The summed E-state index contributed by atoms with van der Waals surface area (Å²) in [6.45, 7) is 4.00. The molecule has 0 aromatic heterocycles. The van der Waals surface area contributed by atoms with Crippen LogP contribution >= 0.6 is 11.6 Å². The smallest absolute Gasteiger partial charge is 0.253 e. The van der Waals surface area contributed by atoms with Gasteiger partial charge in [-0.05, 0) is 61.2 Å². The highest BCUT2D eigenvalue weighted by Gasteiger charge is 2.21. The van der Waals surface area contributed by atoms with E-state index in [9.17, 15) is 9.59 Å². The summed E-state index contributed by atoms with van der Waals surface area (Å²) in [5, 5.41) is 6.42. The fourth-order valence-corrected chi connectivity index (χ4v) is 3.27. The number of rotatable bonds is 5. The van der Waals surface area contributed by atoms with Crippen LogP contribution in [0.5, 0.6) is 0 Å². The summed E-state index contributed by atoms with van der Waals surface area (Å²) in [7, 11) is 0. The van der Waals surface area contributed by atoms with Crippen LogP contribution in [0.15, 0.2) is 48.5 Å². The molecule has 2 N–H and O–H groups in total. The van der Waals surface area contributed by atoms with Crippen LogP contribution in [0.3, 0.4) is 0 Å². The Labute approximate surface area is 164 Å². The van der Waals surface area contributed by atoms with E-state index in [0.29, 0.717) is 22.2 Å². The molecule has 1 saturated heterocycles. The first kappa shape index (κ1) is 19.2. The van der Waals surface area contributed by atoms with Crippen molar-refractivity contribution in [3.63, 3.8) is 0 Å². The molecule has 0 atom stereocenters. The van der Waals surface area contributed by atoms with Gasteiger partial charge in [0, 0.05) is 35.1 Å². The molecule has 2 amide bonds. The zero-order valence-corrected chi connectivity index (χ0v) is 16.1. The molecule has 27 heavy (non-hydrogen) atoms. The standard InChI is InChI=1S/C21H24ClN3O2/c1-15-9-11-25(12-10-15)21(27)16-5-7-18(8-6-16)23-14-20(26)24-19-4-2-3-17(22)13-19/h2-8,13,15,23H,9-12,14H2,1H3,(H,24,26). The van der Waals surface area contributed by atoms with E-state index in [1.54, 1.807) is 36.4 Å². The van der Waals surface area contributed by atoms with Crippen molar-refractivity contribution in [2.75, 3.05) is 30.3 Å². The predicted octanol–water partition coefficient (Wildman–Crippen LogP) is 4.26. The number of carbonyl (C=O) groups excluding carboxylic acids is 2. The average molecular weight is 386 g/mol. The second-order valence-electron chi connectivity index (χ2n) is 6.96. The Hall–Kier alpha value is -2.53. The molecular weight excluding hydrogens is 362 g/mol. The maximum absolute atomic E-state index is 12.5. The fraction of sp³-hybridized carbons (Fsp3) is 0.333. The summed E-state index contributed by atoms with van der Waals surface area (Å²) < 4.78 is 0. The molecule has 1 aliphatic heterocycles. The maximum atomic E-state index is 12.5. The molecule has 5 nitrogen and oxygen atoms in total. The molecule has 0 saturated carbocycles. The Morgan fingerprint density at radius 2 is 1.78 bits per heavy atom. The second kappa shape index (κ2) is 8.91. The summed E-state index contributed by atoms with van der Waals surface area (Å²) in [6.07, 6.45) is 2.13. The number of likely N-dealkylation sites (tertiary alicyclic amines) is 1. The van der Waals surface area contributed by atoms with E-state index in [-0.39, 0.29) is 18.4 Å². The number of nitrogens with one attached hydrogen (secondary N) is 2. The molecule has 0 aliphatic carbocycles. The number of benzene rings is 2. The van der Waals surface area contributed by atoms with Crippen molar-refractivity contribution in [2.24, 2.45) is 5.92 Å². The molecule has 2 aromatic carbocycles. The monoisotopic (exact) mass is 385 g/mol. The molecule has 142 valence electrons. The number of carbonyl (C=O) groups is 2. The van der Waals surface area contributed by atoms with Crippen LogP contribution in [0, 0.1) is 5.92 Å². The molecule has 0 radical (unpaired) electrons. The van der Waals surface area contributed by atoms with Crippen molar-refractivity contribution in [1.82, 2.24) is 4.90 Å². The summed E-state index contributed by atoms with van der Waals surface area (Å²) in [6, 6.07) is 14.3. The van der Waals surface area contributed by atoms with Crippen molar-refractivity contribution in [3.8, 4) is 0 Å². The normalized spacial score (nSPS) is 14.7. The molecular formula is C21H24ClN3O2. The Morgan fingerprint density at radius 3 is 2.44 bits per heavy atom. The lowest BCUT2D eigenvalue weighted by Crippen LogP contribution is -2.37.